The molecule has 0 saturated heterocycles. The number of aromatic nitrogens is 2. The topological polar surface area (TPSA) is 155 Å². The zero-order valence-corrected chi connectivity index (χ0v) is 18.6. The molecule has 2 atom stereocenters. The fourth-order valence-corrected chi connectivity index (χ4v) is 5.20. The van der Waals surface area contributed by atoms with Crippen molar-refractivity contribution in [3.8, 4) is 29.0 Å². The van der Waals surface area contributed by atoms with E-state index in [9.17, 15) is 15.6 Å². The van der Waals surface area contributed by atoms with Crippen molar-refractivity contribution in [2.75, 3.05) is 11.5 Å². The van der Waals surface area contributed by atoms with Gasteiger partial charge in [0, 0.05) is 16.7 Å². The largest absolute Gasteiger partial charge is 0.488 e. The molecule has 4 rings (SSSR count). The van der Waals surface area contributed by atoms with Crippen LogP contribution in [-0.4, -0.2) is 27.3 Å². The van der Waals surface area contributed by atoms with E-state index in [4.69, 9.17) is 16.2 Å². The summed E-state index contributed by atoms with van der Waals surface area (Å²) in [5.74, 6) is 1.15. The van der Waals surface area contributed by atoms with Crippen LogP contribution < -0.4 is 16.2 Å². The Morgan fingerprint density at radius 3 is 2.47 bits per heavy atom. The molecule has 1 aliphatic carbocycles. The summed E-state index contributed by atoms with van der Waals surface area (Å²) in [6, 6.07) is 11.4. The van der Waals surface area contributed by atoms with Crippen molar-refractivity contribution in [1.29, 1.82) is 10.5 Å². The number of benzene rings is 1. The van der Waals surface area contributed by atoms with Crippen LogP contribution in [0.1, 0.15) is 36.1 Å². The first-order valence-corrected chi connectivity index (χ1v) is 11.8. The molecule has 162 valence electrons. The molecule has 1 fully saturated rings. The molecule has 0 unspecified atom stereocenters. The highest BCUT2D eigenvalue weighted by atomic mass is 32.2. The molecule has 0 aliphatic heterocycles. The fourth-order valence-electron chi connectivity index (χ4n) is 3.64. The van der Waals surface area contributed by atoms with E-state index < -0.39 is 6.10 Å². The van der Waals surface area contributed by atoms with E-state index in [0.717, 1.165) is 25.0 Å². The number of thiazole rings is 1. The molecular formula is C22H20N6O2S2. The number of ether oxygens (including phenoxy) is 1. The van der Waals surface area contributed by atoms with Crippen molar-refractivity contribution in [2.45, 2.75) is 42.2 Å². The molecule has 2 aromatic heterocycles. The third-order valence-electron chi connectivity index (χ3n) is 5.19. The lowest BCUT2D eigenvalue weighted by Crippen LogP contribution is -2.25. The smallest absolute Gasteiger partial charge is 0.180 e. The van der Waals surface area contributed by atoms with E-state index in [1.54, 1.807) is 24.3 Å². The highest BCUT2D eigenvalue weighted by Gasteiger charge is 2.27. The maximum absolute atomic E-state index is 9.98. The summed E-state index contributed by atoms with van der Waals surface area (Å²) in [5.41, 5.74) is 14.1. The number of pyridine rings is 1. The second-order valence-electron chi connectivity index (χ2n) is 7.30. The Morgan fingerprint density at radius 2 is 1.88 bits per heavy atom. The summed E-state index contributed by atoms with van der Waals surface area (Å²) in [4.78, 5) is 8.53. The van der Waals surface area contributed by atoms with E-state index in [1.807, 2.05) is 5.38 Å². The zero-order valence-electron chi connectivity index (χ0n) is 17.0. The first-order valence-electron chi connectivity index (χ1n) is 9.91. The summed E-state index contributed by atoms with van der Waals surface area (Å²) < 4.78 is 5.89. The van der Waals surface area contributed by atoms with E-state index in [0.29, 0.717) is 32.8 Å². The van der Waals surface area contributed by atoms with Gasteiger partial charge in [-0.25, -0.2) is 9.97 Å². The molecule has 32 heavy (non-hydrogen) atoms. The van der Waals surface area contributed by atoms with Gasteiger partial charge in [-0.1, -0.05) is 23.9 Å². The number of aliphatic hydroxyl groups excluding tert-OH is 1. The molecule has 2 heterocycles. The first-order chi connectivity index (χ1) is 15.5. The van der Waals surface area contributed by atoms with Crippen LogP contribution in [0.2, 0.25) is 0 Å². The number of aliphatic hydroxyl groups is 1. The lowest BCUT2D eigenvalue weighted by Gasteiger charge is -2.18. The molecule has 8 nitrogen and oxygen atoms in total. The Labute approximate surface area is 193 Å². The van der Waals surface area contributed by atoms with Gasteiger partial charge in [-0.2, -0.15) is 10.5 Å². The number of thioether (sulfide) groups is 1. The van der Waals surface area contributed by atoms with Gasteiger partial charge in [0.1, 0.15) is 40.4 Å². The molecular weight excluding hydrogens is 444 g/mol. The lowest BCUT2D eigenvalue weighted by molar-refractivity contribution is 0.0604. The monoisotopic (exact) mass is 464 g/mol. The lowest BCUT2D eigenvalue weighted by atomic mass is 9.97. The van der Waals surface area contributed by atoms with Gasteiger partial charge in [-0.3, -0.25) is 0 Å². The molecule has 1 aromatic carbocycles. The molecule has 10 heteroatoms. The minimum atomic E-state index is -0.460. The van der Waals surface area contributed by atoms with Crippen molar-refractivity contribution >= 4 is 34.0 Å². The standard InChI is InChI=1S/C22H20N6O2S2/c23-8-15-19(12-4-6-14(7-5-12)30-18-3-1-2-17(18)29)16(9-24)21(28-20(15)25)31-10-13-11-32-22(26)27-13/h4-7,11,17-18,29H,1-3,10H2,(H2,25,28)(H2,26,27)/t17-,18-/m1/s1. The van der Waals surface area contributed by atoms with Gasteiger partial charge in [-0.15, -0.1) is 11.3 Å². The van der Waals surface area contributed by atoms with Crippen LogP contribution in [0.15, 0.2) is 34.7 Å². The molecule has 5 N–H and O–H groups in total. The number of hydrogen-bond donors (Lipinski definition) is 3. The Hall–Kier alpha value is -3.31. The Bertz CT molecular complexity index is 1210. The van der Waals surface area contributed by atoms with Crippen LogP contribution in [0.3, 0.4) is 0 Å². The van der Waals surface area contributed by atoms with Crippen molar-refractivity contribution in [3.05, 3.63) is 46.5 Å². The molecule has 3 aromatic rings. The van der Waals surface area contributed by atoms with Crippen LogP contribution in [-0.2, 0) is 5.75 Å². The van der Waals surface area contributed by atoms with Crippen LogP contribution in [0.25, 0.3) is 11.1 Å². The number of nitrogen functional groups attached to an aromatic ring is 2. The second-order valence-corrected chi connectivity index (χ2v) is 9.15. The SMILES string of the molecule is N#Cc1c(N)nc(SCc2csc(N)n2)c(C#N)c1-c1ccc(O[C@@H]2CCC[C@H]2O)cc1. The third kappa shape index (κ3) is 4.48. The quantitative estimate of drug-likeness (QED) is 0.463. The number of nitrogens with zero attached hydrogens (tertiary/aromatic N) is 4. The minimum Gasteiger partial charge on any atom is -0.488 e. The van der Waals surface area contributed by atoms with E-state index in [1.165, 1.54) is 23.1 Å². The van der Waals surface area contributed by atoms with Gasteiger partial charge >= 0.3 is 0 Å². The highest BCUT2D eigenvalue weighted by Crippen LogP contribution is 2.37. The van der Waals surface area contributed by atoms with E-state index in [-0.39, 0.29) is 23.0 Å². The number of rotatable bonds is 6. The van der Waals surface area contributed by atoms with Crippen molar-refractivity contribution in [1.82, 2.24) is 9.97 Å². The van der Waals surface area contributed by atoms with Crippen molar-refractivity contribution in [3.63, 3.8) is 0 Å². The van der Waals surface area contributed by atoms with E-state index >= 15 is 0 Å². The summed E-state index contributed by atoms with van der Waals surface area (Å²) in [6.07, 6.45) is 1.81. The van der Waals surface area contributed by atoms with Crippen LogP contribution in [0, 0.1) is 22.7 Å². The predicted molar refractivity (Wildman–Crippen MR) is 124 cm³/mol. The van der Waals surface area contributed by atoms with Gasteiger partial charge in [0.2, 0.25) is 0 Å². The number of nitrogens with two attached hydrogens (primary N) is 2. The maximum atomic E-state index is 9.98. The Balaban J connectivity index is 1.66. The van der Waals surface area contributed by atoms with Crippen LogP contribution in [0.4, 0.5) is 10.9 Å². The summed E-state index contributed by atoms with van der Waals surface area (Å²) >= 11 is 2.66. The second kappa shape index (κ2) is 9.45. The van der Waals surface area contributed by atoms with E-state index in [2.05, 4.69) is 22.1 Å². The molecule has 0 bridgehead atoms. The zero-order chi connectivity index (χ0) is 22.7. The highest BCUT2D eigenvalue weighted by molar-refractivity contribution is 7.98. The molecule has 0 radical (unpaired) electrons. The van der Waals surface area contributed by atoms with Crippen molar-refractivity contribution < 1.29 is 9.84 Å². The number of hydrogen-bond acceptors (Lipinski definition) is 10. The molecule has 0 spiro atoms. The molecule has 1 saturated carbocycles. The van der Waals surface area contributed by atoms with Gasteiger partial charge in [0.25, 0.3) is 0 Å². The Morgan fingerprint density at radius 1 is 1.12 bits per heavy atom. The third-order valence-corrected chi connectivity index (χ3v) is 6.92. The summed E-state index contributed by atoms with van der Waals surface area (Å²) in [5, 5.41) is 32.3. The van der Waals surface area contributed by atoms with Crippen LogP contribution >= 0.6 is 23.1 Å². The normalized spacial score (nSPS) is 17.6. The van der Waals surface area contributed by atoms with Crippen molar-refractivity contribution in [2.24, 2.45) is 0 Å². The fraction of sp³-hybridized carbons (Fsp3) is 0.273. The van der Waals surface area contributed by atoms with Gasteiger partial charge in [-0.05, 0) is 37.0 Å². The Kier molecular flexibility index (Phi) is 6.47. The molecule has 0 amide bonds. The average molecular weight is 465 g/mol. The van der Waals surface area contributed by atoms with Gasteiger partial charge < -0.3 is 21.3 Å². The summed E-state index contributed by atoms with van der Waals surface area (Å²) in [6.45, 7) is 0. The maximum Gasteiger partial charge on any atom is 0.180 e. The van der Waals surface area contributed by atoms with Gasteiger partial charge in [0.05, 0.1) is 17.4 Å². The van der Waals surface area contributed by atoms with Crippen LogP contribution in [0.5, 0.6) is 5.75 Å². The van der Waals surface area contributed by atoms with Gasteiger partial charge in [0.15, 0.2) is 5.13 Å². The molecule has 1 aliphatic rings. The number of nitriles is 2. The number of anilines is 2. The minimum absolute atomic E-state index is 0.0659. The summed E-state index contributed by atoms with van der Waals surface area (Å²) in [7, 11) is 0. The predicted octanol–water partition coefficient (Wildman–Crippen LogP) is 3.70. The average Bonchev–Trinajstić information content (AvgIpc) is 3.40. The first kappa shape index (κ1) is 21.9.